The van der Waals surface area contributed by atoms with Gasteiger partial charge in [0.15, 0.2) is 0 Å². The summed E-state index contributed by atoms with van der Waals surface area (Å²) >= 11 is 0. The summed E-state index contributed by atoms with van der Waals surface area (Å²) in [6.07, 6.45) is 0.410. The van der Waals surface area contributed by atoms with Gasteiger partial charge in [-0.2, -0.15) is 0 Å². The highest BCUT2D eigenvalue weighted by Crippen LogP contribution is 2.18. The van der Waals surface area contributed by atoms with E-state index in [1.165, 1.54) is 0 Å². The lowest BCUT2D eigenvalue weighted by atomic mass is 9.91. The van der Waals surface area contributed by atoms with Crippen molar-refractivity contribution in [3.63, 3.8) is 0 Å². The Labute approximate surface area is 91.8 Å². The molecule has 0 atom stereocenters. The van der Waals surface area contributed by atoms with Crippen LogP contribution in [-0.2, 0) is 9.59 Å². The molecule has 0 saturated carbocycles. The summed E-state index contributed by atoms with van der Waals surface area (Å²) in [5.74, 6) is -0.291. The molecule has 0 aliphatic heterocycles. The molecule has 2 amide bonds. The zero-order valence-electron chi connectivity index (χ0n) is 10.5. The second-order valence-corrected chi connectivity index (χ2v) is 5.49. The second kappa shape index (κ2) is 4.64. The van der Waals surface area contributed by atoms with Crippen molar-refractivity contribution in [3.8, 4) is 0 Å². The molecule has 0 heterocycles. The van der Waals surface area contributed by atoms with Crippen molar-refractivity contribution in [3.05, 3.63) is 0 Å². The smallest absolute Gasteiger partial charge is 0.244 e. The lowest BCUT2D eigenvalue weighted by Gasteiger charge is -2.26. The molecule has 0 aliphatic carbocycles. The minimum atomic E-state index is -0.850. The van der Waals surface area contributed by atoms with Crippen LogP contribution in [0.3, 0.4) is 0 Å². The summed E-state index contributed by atoms with van der Waals surface area (Å²) in [5, 5.41) is 5.23. The van der Waals surface area contributed by atoms with Gasteiger partial charge in [-0.15, -0.1) is 0 Å². The molecule has 0 aromatic carbocycles. The fraction of sp³-hybridized carbons (Fsp3) is 0.818. The third-order valence-corrected chi connectivity index (χ3v) is 1.94. The van der Waals surface area contributed by atoms with Crippen LogP contribution in [0, 0.1) is 5.41 Å². The number of likely N-dealkylation sites (N-methyl/N-ethyl adjacent to an activating group) is 1. The molecule has 0 aliphatic rings. The lowest BCUT2D eigenvalue weighted by molar-refractivity contribution is -0.132. The van der Waals surface area contributed by atoms with Crippen molar-refractivity contribution in [2.75, 3.05) is 7.05 Å². The van der Waals surface area contributed by atoms with E-state index in [0.29, 0.717) is 6.42 Å². The molecule has 4 heteroatoms. The second-order valence-electron chi connectivity index (χ2n) is 5.49. The fourth-order valence-electron chi connectivity index (χ4n) is 1.24. The molecule has 0 aromatic rings. The van der Waals surface area contributed by atoms with Crippen molar-refractivity contribution in [2.24, 2.45) is 5.41 Å². The number of hydrogen-bond acceptors (Lipinski definition) is 2. The van der Waals surface area contributed by atoms with Crippen LogP contribution >= 0.6 is 0 Å². The van der Waals surface area contributed by atoms with Crippen LogP contribution in [-0.4, -0.2) is 24.4 Å². The molecule has 0 unspecified atom stereocenters. The minimum absolute atomic E-state index is 0.0666. The van der Waals surface area contributed by atoms with Crippen molar-refractivity contribution in [1.29, 1.82) is 0 Å². The van der Waals surface area contributed by atoms with Gasteiger partial charge in [-0.05, 0) is 19.3 Å². The molecule has 0 rings (SSSR count). The van der Waals surface area contributed by atoms with Crippen LogP contribution in [0.25, 0.3) is 0 Å². The number of nitrogens with one attached hydrogen (secondary N) is 2. The first-order valence-electron chi connectivity index (χ1n) is 5.12. The highest BCUT2D eigenvalue weighted by atomic mass is 16.2. The molecule has 0 spiro atoms. The third kappa shape index (κ3) is 5.40. The van der Waals surface area contributed by atoms with E-state index >= 15 is 0 Å². The van der Waals surface area contributed by atoms with Gasteiger partial charge in [0.05, 0.1) is 0 Å². The first-order chi connectivity index (χ1) is 6.58. The maximum Gasteiger partial charge on any atom is 0.244 e. The monoisotopic (exact) mass is 214 g/mol. The summed E-state index contributed by atoms with van der Waals surface area (Å²) in [7, 11) is 1.56. The maximum atomic E-state index is 11.6. The molecular weight excluding hydrogens is 192 g/mol. The average Bonchev–Trinajstić information content (AvgIpc) is 1.97. The van der Waals surface area contributed by atoms with E-state index in [1.807, 2.05) is 20.8 Å². The summed E-state index contributed by atoms with van der Waals surface area (Å²) in [5.41, 5.74) is -0.917. The van der Waals surface area contributed by atoms with Crippen molar-refractivity contribution in [2.45, 2.75) is 46.6 Å². The van der Waals surface area contributed by atoms with E-state index in [9.17, 15) is 9.59 Å². The molecule has 15 heavy (non-hydrogen) atoms. The Morgan fingerprint density at radius 3 is 1.87 bits per heavy atom. The van der Waals surface area contributed by atoms with Crippen LogP contribution in [0.5, 0.6) is 0 Å². The molecular formula is C11H22N2O2. The SMILES string of the molecule is CNC(=O)C(C)(C)NC(=O)CC(C)(C)C. The largest absolute Gasteiger partial charge is 0.357 e. The van der Waals surface area contributed by atoms with E-state index in [0.717, 1.165) is 0 Å². The van der Waals surface area contributed by atoms with Gasteiger partial charge < -0.3 is 10.6 Å². The predicted molar refractivity (Wildman–Crippen MR) is 60.4 cm³/mol. The first-order valence-corrected chi connectivity index (χ1v) is 5.12. The predicted octanol–water partition coefficient (Wildman–Crippen LogP) is 1.06. The van der Waals surface area contributed by atoms with Gasteiger partial charge in [-0.1, -0.05) is 20.8 Å². The Balaban J connectivity index is 4.35. The zero-order chi connectivity index (χ0) is 12.3. The van der Waals surface area contributed by atoms with Gasteiger partial charge in [0.25, 0.3) is 0 Å². The molecule has 4 nitrogen and oxygen atoms in total. The van der Waals surface area contributed by atoms with Crippen LogP contribution < -0.4 is 10.6 Å². The Morgan fingerprint density at radius 1 is 1.07 bits per heavy atom. The molecule has 0 fully saturated rings. The molecule has 0 bridgehead atoms. The number of carbonyl (C=O) groups is 2. The fourth-order valence-corrected chi connectivity index (χ4v) is 1.24. The van der Waals surface area contributed by atoms with E-state index in [2.05, 4.69) is 10.6 Å². The topological polar surface area (TPSA) is 58.2 Å². The minimum Gasteiger partial charge on any atom is -0.357 e. The average molecular weight is 214 g/mol. The summed E-state index contributed by atoms with van der Waals surface area (Å²) in [4.78, 5) is 23.0. The van der Waals surface area contributed by atoms with Gasteiger partial charge in [-0.25, -0.2) is 0 Å². The molecule has 2 N–H and O–H groups in total. The molecule has 0 saturated heterocycles. The van der Waals surface area contributed by atoms with Gasteiger partial charge in [-0.3, -0.25) is 9.59 Å². The van der Waals surface area contributed by atoms with Crippen LogP contribution in [0.1, 0.15) is 41.0 Å². The van der Waals surface area contributed by atoms with Crippen molar-refractivity contribution < 1.29 is 9.59 Å². The first kappa shape index (κ1) is 13.9. The Morgan fingerprint density at radius 2 is 1.53 bits per heavy atom. The Bertz CT molecular complexity index is 252. The van der Waals surface area contributed by atoms with Gasteiger partial charge >= 0.3 is 0 Å². The van der Waals surface area contributed by atoms with Gasteiger partial charge in [0.2, 0.25) is 11.8 Å². The third-order valence-electron chi connectivity index (χ3n) is 1.94. The number of amides is 2. The molecule has 0 radical (unpaired) electrons. The summed E-state index contributed by atoms with van der Waals surface area (Å²) in [6, 6.07) is 0. The maximum absolute atomic E-state index is 11.6. The van der Waals surface area contributed by atoms with Crippen LogP contribution in [0.4, 0.5) is 0 Å². The highest BCUT2D eigenvalue weighted by Gasteiger charge is 2.29. The van der Waals surface area contributed by atoms with Crippen molar-refractivity contribution >= 4 is 11.8 Å². The molecule has 0 aromatic heterocycles. The van der Waals surface area contributed by atoms with Gasteiger partial charge in [0, 0.05) is 13.5 Å². The number of hydrogen-bond donors (Lipinski definition) is 2. The standard InChI is InChI=1S/C11H22N2O2/c1-10(2,3)7-8(14)13-11(4,5)9(15)12-6/h7H2,1-6H3,(H,12,15)(H,13,14). The number of rotatable bonds is 3. The van der Waals surface area contributed by atoms with E-state index < -0.39 is 5.54 Å². The Hall–Kier alpha value is -1.06. The number of carbonyl (C=O) groups excluding carboxylic acids is 2. The van der Waals surface area contributed by atoms with Crippen molar-refractivity contribution in [1.82, 2.24) is 10.6 Å². The van der Waals surface area contributed by atoms with Crippen LogP contribution in [0.2, 0.25) is 0 Å². The van der Waals surface area contributed by atoms with E-state index in [1.54, 1.807) is 20.9 Å². The normalized spacial score (nSPS) is 12.1. The zero-order valence-corrected chi connectivity index (χ0v) is 10.5. The Kier molecular flexibility index (Phi) is 4.31. The van der Waals surface area contributed by atoms with Crippen LogP contribution in [0.15, 0.2) is 0 Å². The summed E-state index contributed by atoms with van der Waals surface area (Å²) < 4.78 is 0. The van der Waals surface area contributed by atoms with E-state index in [-0.39, 0.29) is 17.2 Å². The molecule has 88 valence electrons. The summed E-state index contributed by atoms with van der Waals surface area (Å²) in [6.45, 7) is 9.33. The quantitative estimate of drug-likeness (QED) is 0.738. The van der Waals surface area contributed by atoms with Gasteiger partial charge in [0.1, 0.15) is 5.54 Å². The van der Waals surface area contributed by atoms with E-state index in [4.69, 9.17) is 0 Å². The highest BCUT2D eigenvalue weighted by molar-refractivity contribution is 5.90. The lowest BCUT2D eigenvalue weighted by Crippen LogP contribution is -2.54.